The summed E-state index contributed by atoms with van der Waals surface area (Å²) in [7, 11) is 2.84. The van der Waals surface area contributed by atoms with Gasteiger partial charge in [0.2, 0.25) is 0 Å². The van der Waals surface area contributed by atoms with Crippen molar-refractivity contribution in [1.82, 2.24) is 15.5 Å². The second kappa shape index (κ2) is 9.77. The predicted octanol–water partition coefficient (Wildman–Crippen LogP) is 0.899. The lowest BCUT2D eigenvalue weighted by atomic mass is 9.95. The molecule has 1 aromatic carbocycles. The van der Waals surface area contributed by atoms with Crippen LogP contribution < -0.4 is 20.1 Å². The zero-order valence-corrected chi connectivity index (χ0v) is 18.0. The van der Waals surface area contributed by atoms with E-state index in [0.29, 0.717) is 54.2 Å². The molecule has 3 rings (SSSR count). The van der Waals surface area contributed by atoms with Crippen LogP contribution >= 0.6 is 12.2 Å². The zero-order chi connectivity index (χ0) is 21.7. The molecule has 1 saturated heterocycles. The molecule has 0 spiro atoms. The first-order valence-corrected chi connectivity index (χ1v) is 9.88. The summed E-state index contributed by atoms with van der Waals surface area (Å²) in [6.45, 7) is 3.84. The van der Waals surface area contributed by atoms with Crippen molar-refractivity contribution in [3.63, 3.8) is 0 Å². The Morgan fingerprint density at radius 1 is 1.23 bits per heavy atom. The number of rotatable bonds is 6. The fourth-order valence-corrected chi connectivity index (χ4v) is 3.62. The number of hydrogen-bond acceptors (Lipinski definition) is 7. The van der Waals surface area contributed by atoms with Gasteiger partial charge in [0.25, 0.3) is 5.91 Å². The van der Waals surface area contributed by atoms with Crippen LogP contribution in [0, 0.1) is 0 Å². The number of allylic oxidation sites excluding steroid dienone is 1. The van der Waals surface area contributed by atoms with E-state index in [0.717, 1.165) is 5.56 Å². The van der Waals surface area contributed by atoms with Gasteiger partial charge in [0, 0.05) is 18.8 Å². The molecule has 2 heterocycles. The number of thiocarbonyl (C=S) groups is 1. The molecule has 1 amide bonds. The van der Waals surface area contributed by atoms with E-state index < -0.39 is 12.0 Å². The van der Waals surface area contributed by atoms with Gasteiger partial charge in [0.05, 0.1) is 39.0 Å². The zero-order valence-electron chi connectivity index (χ0n) is 17.1. The fourth-order valence-electron chi connectivity index (χ4n) is 3.35. The van der Waals surface area contributed by atoms with Crippen molar-refractivity contribution in [3.8, 4) is 11.5 Å². The maximum absolute atomic E-state index is 12.3. The van der Waals surface area contributed by atoms with Crippen LogP contribution in [0.15, 0.2) is 29.5 Å². The molecule has 0 aromatic heterocycles. The average Bonchev–Trinajstić information content (AvgIpc) is 2.76. The number of ether oxygens (including phenoxy) is 4. The third-order valence-corrected chi connectivity index (χ3v) is 5.13. The minimum absolute atomic E-state index is 0.0994. The molecular weight excluding hydrogens is 410 g/mol. The highest BCUT2D eigenvalue weighted by molar-refractivity contribution is 7.80. The highest BCUT2D eigenvalue weighted by atomic mass is 32.1. The molecule has 30 heavy (non-hydrogen) atoms. The predicted molar refractivity (Wildman–Crippen MR) is 112 cm³/mol. The SMILES string of the molecule is COC(=O)C1=C(C)NC(=S)N[C@H]1c1ccc(OCC(=O)N2CCOCC2)c(OC)c1. The Morgan fingerprint density at radius 2 is 1.97 bits per heavy atom. The standard InChI is InChI=1S/C20H25N3O6S/c1-12-17(19(25)27-3)18(22-20(30)21-12)13-4-5-14(15(10-13)26-2)29-11-16(24)23-6-8-28-9-7-23/h4-5,10,18H,6-9,11H2,1-3H3,(H2,21,22,30)/t18-/m0/s1. The molecule has 1 aromatic rings. The van der Waals surface area contributed by atoms with Crippen LogP contribution in [0.1, 0.15) is 18.5 Å². The van der Waals surface area contributed by atoms with Gasteiger partial charge in [-0.1, -0.05) is 6.07 Å². The number of benzene rings is 1. The minimum atomic E-state index is -0.510. The second-order valence-corrected chi connectivity index (χ2v) is 7.16. The van der Waals surface area contributed by atoms with Gasteiger partial charge < -0.3 is 34.5 Å². The quantitative estimate of drug-likeness (QED) is 0.499. The molecule has 162 valence electrons. The summed E-state index contributed by atoms with van der Waals surface area (Å²) < 4.78 is 21.3. The second-order valence-electron chi connectivity index (χ2n) is 6.75. The van der Waals surface area contributed by atoms with E-state index >= 15 is 0 Å². The third-order valence-electron chi connectivity index (χ3n) is 4.91. The van der Waals surface area contributed by atoms with Crippen molar-refractivity contribution in [1.29, 1.82) is 0 Å². The summed E-state index contributed by atoms with van der Waals surface area (Å²) >= 11 is 5.24. The normalized spacial score (nSPS) is 19.0. The van der Waals surface area contributed by atoms with Crippen molar-refractivity contribution in [3.05, 3.63) is 35.0 Å². The molecule has 0 aliphatic carbocycles. The lowest BCUT2D eigenvalue weighted by Gasteiger charge is -2.30. The van der Waals surface area contributed by atoms with Crippen molar-refractivity contribution in [2.24, 2.45) is 0 Å². The Hall–Kier alpha value is -2.85. The molecule has 2 aliphatic rings. The summed E-state index contributed by atoms with van der Waals surface area (Å²) in [5.74, 6) is 0.298. The average molecular weight is 436 g/mol. The summed E-state index contributed by atoms with van der Waals surface area (Å²) in [5.41, 5.74) is 1.78. The van der Waals surface area contributed by atoms with E-state index in [1.165, 1.54) is 14.2 Å². The van der Waals surface area contributed by atoms with Gasteiger partial charge in [0.1, 0.15) is 0 Å². The molecule has 0 unspecified atom stereocenters. The van der Waals surface area contributed by atoms with Crippen LogP contribution in [0.2, 0.25) is 0 Å². The number of morpholine rings is 1. The maximum Gasteiger partial charge on any atom is 0.337 e. The molecule has 2 N–H and O–H groups in total. The number of carbonyl (C=O) groups is 2. The molecule has 2 aliphatic heterocycles. The van der Waals surface area contributed by atoms with Crippen LogP contribution in [0.4, 0.5) is 0 Å². The first-order chi connectivity index (χ1) is 14.4. The van der Waals surface area contributed by atoms with E-state index in [9.17, 15) is 9.59 Å². The first kappa shape index (κ1) is 21.8. The van der Waals surface area contributed by atoms with Gasteiger partial charge >= 0.3 is 5.97 Å². The molecule has 0 saturated carbocycles. The van der Waals surface area contributed by atoms with E-state index in [1.807, 2.05) is 0 Å². The van der Waals surface area contributed by atoms with Crippen LogP contribution in [-0.4, -0.2) is 69.0 Å². The summed E-state index contributed by atoms with van der Waals surface area (Å²) in [6, 6.07) is 4.73. The van der Waals surface area contributed by atoms with Gasteiger partial charge in [-0.15, -0.1) is 0 Å². The van der Waals surface area contributed by atoms with Crippen molar-refractivity contribution >= 4 is 29.2 Å². The minimum Gasteiger partial charge on any atom is -0.493 e. The Labute approximate surface area is 180 Å². The topological polar surface area (TPSA) is 98.4 Å². The smallest absolute Gasteiger partial charge is 0.337 e. The van der Waals surface area contributed by atoms with Crippen molar-refractivity contribution in [2.75, 3.05) is 47.1 Å². The summed E-state index contributed by atoms with van der Waals surface area (Å²) in [6.07, 6.45) is 0. The Bertz CT molecular complexity index is 866. The van der Waals surface area contributed by atoms with Crippen molar-refractivity contribution < 1.29 is 28.5 Å². The van der Waals surface area contributed by atoms with Gasteiger partial charge in [-0.3, -0.25) is 4.79 Å². The lowest BCUT2D eigenvalue weighted by Crippen LogP contribution is -2.45. The Balaban J connectivity index is 1.79. The van der Waals surface area contributed by atoms with Crippen molar-refractivity contribution in [2.45, 2.75) is 13.0 Å². The molecular formula is C20H25N3O6S. The van der Waals surface area contributed by atoms with E-state index in [2.05, 4.69) is 10.6 Å². The summed E-state index contributed by atoms with van der Waals surface area (Å²) in [4.78, 5) is 26.3. The van der Waals surface area contributed by atoms with E-state index in [-0.39, 0.29) is 12.5 Å². The van der Waals surface area contributed by atoms with Gasteiger partial charge in [-0.2, -0.15) is 0 Å². The molecule has 0 radical (unpaired) electrons. The Kier molecular flexibility index (Phi) is 7.11. The molecule has 10 heteroatoms. The van der Waals surface area contributed by atoms with Crippen LogP contribution in [-0.2, 0) is 19.1 Å². The number of hydrogen-bond donors (Lipinski definition) is 2. The molecule has 1 atom stereocenters. The Morgan fingerprint density at radius 3 is 2.63 bits per heavy atom. The van der Waals surface area contributed by atoms with Crippen LogP contribution in [0.3, 0.4) is 0 Å². The van der Waals surface area contributed by atoms with Crippen LogP contribution in [0.25, 0.3) is 0 Å². The van der Waals surface area contributed by atoms with E-state index in [4.69, 9.17) is 31.2 Å². The molecule has 1 fully saturated rings. The number of nitrogens with one attached hydrogen (secondary N) is 2. The largest absolute Gasteiger partial charge is 0.493 e. The van der Waals surface area contributed by atoms with Gasteiger partial charge in [0.15, 0.2) is 23.2 Å². The number of carbonyl (C=O) groups excluding carboxylic acids is 2. The third kappa shape index (κ3) is 4.82. The highest BCUT2D eigenvalue weighted by Crippen LogP contribution is 2.34. The van der Waals surface area contributed by atoms with Gasteiger partial charge in [-0.05, 0) is 36.8 Å². The number of methoxy groups -OCH3 is 2. The lowest BCUT2D eigenvalue weighted by molar-refractivity contribution is -0.137. The maximum atomic E-state index is 12.3. The fraction of sp³-hybridized carbons (Fsp3) is 0.450. The summed E-state index contributed by atoms with van der Waals surface area (Å²) in [5, 5.41) is 6.43. The number of amides is 1. The van der Waals surface area contributed by atoms with E-state index in [1.54, 1.807) is 30.0 Å². The molecule has 9 nitrogen and oxygen atoms in total. The number of nitrogens with zero attached hydrogens (tertiary/aromatic N) is 1. The molecule has 0 bridgehead atoms. The number of esters is 1. The first-order valence-electron chi connectivity index (χ1n) is 9.47. The van der Waals surface area contributed by atoms with Gasteiger partial charge in [-0.25, -0.2) is 4.79 Å². The highest BCUT2D eigenvalue weighted by Gasteiger charge is 2.31. The monoisotopic (exact) mass is 435 g/mol. The van der Waals surface area contributed by atoms with Crippen LogP contribution in [0.5, 0.6) is 11.5 Å².